The maximum absolute atomic E-state index is 6.00. The van der Waals surface area contributed by atoms with Crippen molar-refractivity contribution in [3.05, 3.63) is 89.5 Å². The molecule has 0 N–H and O–H groups in total. The Morgan fingerprint density at radius 3 is 1.82 bits per heavy atom. The van der Waals surface area contributed by atoms with Crippen LogP contribution < -0.4 is 14.2 Å². The molecule has 5 heteroatoms. The Bertz CT molecular complexity index is 1080. The van der Waals surface area contributed by atoms with Crippen LogP contribution in [0.5, 0.6) is 17.2 Å². The largest absolute Gasteiger partial charge is 0.494 e. The molecule has 0 spiro atoms. The van der Waals surface area contributed by atoms with Gasteiger partial charge < -0.3 is 24.0 Å². The zero-order chi connectivity index (χ0) is 27.1. The van der Waals surface area contributed by atoms with E-state index in [4.69, 9.17) is 14.2 Å². The van der Waals surface area contributed by atoms with Gasteiger partial charge in [-0.05, 0) is 107 Å². The first-order valence-corrected chi connectivity index (χ1v) is 14.7. The highest BCUT2D eigenvalue weighted by Crippen LogP contribution is 2.18. The van der Waals surface area contributed by atoms with E-state index in [0.717, 1.165) is 56.0 Å². The Labute approximate surface area is 235 Å². The van der Waals surface area contributed by atoms with Crippen LogP contribution in [0.4, 0.5) is 0 Å². The van der Waals surface area contributed by atoms with Gasteiger partial charge in [-0.15, -0.1) is 0 Å². The molecule has 1 saturated heterocycles. The van der Waals surface area contributed by atoms with Crippen molar-refractivity contribution >= 4 is 0 Å². The molecule has 0 aliphatic carbocycles. The molecule has 3 aromatic rings. The lowest BCUT2D eigenvalue weighted by Crippen LogP contribution is -2.44. The van der Waals surface area contributed by atoms with Gasteiger partial charge in [-0.3, -0.25) is 0 Å². The van der Waals surface area contributed by atoms with E-state index >= 15 is 0 Å². The standard InChI is InChI=1S/C34H46N2O3/c1-29-10-16-32(17-11-29)38-26-5-6-27-39-34-9-7-8-31(28-34)13-12-30-14-18-33(19-15-30)37-25-4-3-20-36-23-21-35(2)22-24-36/h7-11,14-19,28H,3-6,12-13,20-27H2,1-2H3. The van der Waals surface area contributed by atoms with Crippen LogP contribution in [0.15, 0.2) is 72.8 Å². The molecular weight excluding hydrogens is 484 g/mol. The van der Waals surface area contributed by atoms with E-state index in [-0.39, 0.29) is 0 Å². The third kappa shape index (κ3) is 10.9. The van der Waals surface area contributed by atoms with E-state index in [9.17, 15) is 0 Å². The van der Waals surface area contributed by atoms with E-state index in [1.165, 1.54) is 55.8 Å². The summed E-state index contributed by atoms with van der Waals surface area (Å²) in [7, 11) is 2.21. The number of likely N-dealkylation sites (N-methyl/N-ethyl adjacent to an activating group) is 1. The van der Waals surface area contributed by atoms with Crippen LogP contribution in [0.2, 0.25) is 0 Å². The summed E-state index contributed by atoms with van der Waals surface area (Å²) < 4.78 is 17.8. The smallest absolute Gasteiger partial charge is 0.119 e. The monoisotopic (exact) mass is 530 g/mol. The predicted octanol–water partition coefficient (Wildman–Crippen LogP) is 6.42. The van der Waals surface area contributed by atoms with Crippen LogP contribution >= 0.6 is 0 Å². The quantitative estimate of drug-likeness (QED) is 0.200. The lowest BCUT2D eigenvalue weighted by molar-refractivity contribution is 0.150. The summed E-state index contributed by atoms with van der Waals surface area (Å²) in [5.74, 6) is 2.85. The highest BCUT2D eigenvalue weighted by Gasteiger charge is 2.12. The van der Waals surface area contributed by atoms with Crippen molar-refractivity contribution in [2.24, 2.45) is 0 Å². The van der Waals surface area contributed by atoms with E-state index in [0.29, 0.717) is 13.2 Å². The van der Waals surface area contributed by atoms with Crippen LogP contribution in [-0.4, -0.2) is 69.4 Å². The zero-order valence-corrected chi connectivity index (χ0v) is 23.9. The lowest BCUT2D eigenvalue weighted by Gasteiger charge is -2.32. The number of aryl methyl sites for hydroxylation is 3. The SMILES string of the molecule is Cc1ccc(OCCCCOc2cccc(CCc3ccc(OCCCCN4CCN(C)CC4)cc3)c2)cc1. The fourth-order valence-electron chi connectivity index (χ4n) is 4.75. The minimum atomic E-state index is 0.706. The molecule has 5 nitrogen and oxygen atoms in total. The van der Waals surface area contributed by atoms with Crippen LogP contribution in [0, 0.1) is 6.92 Å². The van der Waals surface area contributed by atoms with Crippen molar-refractivity contribution in [1.82, 2.24) is 9.80 Å². The maximum Gasteiger partial charge on any atom is 0.119 e. The van der Waals surface area contributed by atoms with Crippen molar-refractivity contribution in [2.75, 3.05) is 59.6 Å². The van der Waals surface area contributed by atoms with Gasteiger partial charge in [-0.25, -0.2) is 0 Å². The Morgan fingerprint density at radius 1 is 0.590 bits per heavy atom. The fraction of sp³-hybridized carbons (Fsp3) is 0.471. The van der Waals surface area contributed by atoms with E-state index in [2.05, 4.69) is 78.4 Å². The average Bonchev–Trinajstić information content (AvgIpc) is 2.96. The number of unbranched alkanes of at least 4 members (excludes halogenated alkanes) is 2. The Balaban J connectivity index is 1.06. The molecule has 0 bridgehead atoms. The van der Waals surface area contributed by atoms with E-state index in [1.54, 1.807) is 0 Å². The highest BCUT2D eigenvalue weighted by atomic mass is 16.5. The third-order valence-electron chi connectivity index (χ3n) is 7.35. The van der Waals surface area contributed by atoms with Crippen LogP contribution in [0.3, 0.4) is 0 Å². The third-order valence-corrected chi connectivity index (χ3v) is 7.35. The number of nitrogens with zero attached hydrogens (tertiary/aromatic N) is 2. The summed E-state index contributed by atoms with van der Waals surface area (Å²) in [5, 5.41) is 0. The topological polar surface area (TPSA) is 34.2 Å². The van der Waals surface area contributed by atoms with Crippen LogP contribution in [0.25, 0.3) is 0 Å². The van der Waals surface area contributed by atoms with Gasteiger partial charge in [0.15, 0.2) is 0 Å². The molecule has 1 heterocycles. The van der Waals surface area contributed by atoms with Crippen molar-refractivity contribution in [2.45, 2.75) is 45.4 Å². The molecule has 0 unspecified atom stereocenters. The molecule has 4 rings (SSSR count). The second-order valence-electron chi connectivity index (χ2n) is 10.7. The molecule has 1 aliphatic heterocycles. The summed E-state index contributed by atoms with van der Waals surface area (Å²) in [6.45, 7) is 10.3. The highest BCUT2D eigenvalue weighted by molar-refractivity contribution is 5.31. The molecule has 210 valence electrons. The van der Waals surface area contributed by atoms with Gasteiger partial charge in [-0.2, -0.15) is 0 Å². The number of hydrogen-bond acceptors (Lipinski definition) is 5. The first-order chi connectivity index (χ1) is 19.1. The van der Waals surface area contributed by atoms with Gasteiger partial charge in [0, 0.05) is 26.2 Å². The number of rotatable bonds is 16. The van der Waals surface area contributed by atoms with Gasteiger partial charge in [0.1, 0.15) is 17.2 Å². The van der Waals surface area contributed by atoms with Crippen molar-refractivity contribution < 1.29 is 14.2 Å². The molecule has 0 amide bonds. The number of hydrogen-bond donors (Lipinski definition) is 0. The molecule has 1 aliphatic rings. The normalized spacial score (nSPS) is 14.3. The molecule has 0 aromatic heterocycles. The molecule has 39 heavy (non-hydrogen) atoms. The zero-order valence-electron chi connectivity index (χ0n) is 23.9. The van der Waals surface area contributed by atoms with Gasteiger partial charge >= 0.3 is 0 Å². The van der Waals surface area contributed by atoms with E-state index < -0.39 is 0 Å². The van der Waals surface area contributed by atoms with Crippen molar-refractivity contribution in [3.8, 4) is 17.2 Å². The summed E-state index contributed by atoms with van der Waals surface area (Å²) in [6.07, 6.45) is 6.25. The van der Waals surface area contributed by atoms with E-state index in [1.807, 2.05) is 18.2 Å². The van der Waals surface area contributed by atoms with Crippen LogP contribution in [0.1, 0.15) is 42.4 Å². The van der Waals surface area contributed by atoms with Gasteiger partial charge in [0.05, 0.1) is 19.8 Å². The summed E-state index contributed by atoms with van der Waals surface area (Å²) >= 11 is 0. The second-order valence-corrected chi connectivity index (χ2v) is 10.7. The molecule has 0 saturated carbocycles. The minimum Gasteiger partial charge on any atom is -0.494 e. The molecule has 1 fully saturated rings. The minimum absolute atomic E-state index is 0.706. The molecule has 0 radical (unpaired) electrons. The Morgan fingerprint density at radius 2 is 1.15 bits per heavy atom. The predicted molar refractivity (Wildman–Crippen MR) is 160 cm³/mol. The van der Waals surface area contributed by atoms with Gasteiger partial charge in [-0.1, -0.05) is 42.0 Å². The number of piperazine rings is 1. The maximum atomic E-state index is 6.00. The summed E-state index contributed by atoms with van der Waals surface area (Å²) in [4.78, 5) is 4.98. The van der Waals surface area contributed by atoms with Gasteiger partial charge in [0.25, 0.3) is 0 Å². The van der Waals surface area contributed by atoms with Crippen molar-refractivity contribution in [3.63, 3.8) is 0 Å². The average molecular weight is 531 g/mol. The second kappa shape index (κ2) is 16.2. The Hall–Kier alpha value is -3.02. The summed E-state index contributed by atoms with van der Waals surface area (Å²) in [6, 6.07) is 25.3. The summed E-state index contributed by atoms with van der Waals surface area (Å²) in [5.41, 5.74) is 3.88. The Kier molecular flexibility index (Phi) is 12.0. The van der Waals surface area contributed by atoms with Crippen molar-refractivity contribution in [1.29, 1.82) is 0 Å². The van der Waals surface area contributed by atoms with Crippen LogP contribution in [-0.2, 0) is 12.8 Å². The number of benzene rings is 3. The fourth-order valence-corrected chi connectivity index (χ4v) is 4.75. The lowest BCUT2D eigenvalue weighted by atomic mass is 10.0. The van der Waals surface area contributed by atoms with Gasteiger partial charge in [0.2, 0.25) is 0 Å². The first kappa shape index (κ1) is 29.0. The first-order valence-electron chi connectivity index (χ1n) is 14.7. The molecule has 0 atom stereocenters. The molecular formula is C34H46N2O3. The molecule has 3 aromatic carbocycles. The number of ether oxygens (including phenoxy) is 3.